The Hall–Kier alpha value is -3.43. The second-order valence-corrected chi connectivity index (χ2v) is 6.02. The number of ether oxygens (including phenoxy) is 1. The van der Waals surface area contributed by atoms with E-state index in [0.29, 0.717) is 17.6 Å². The van der Waals surface area contributed by atoms with Crippen molar-refractivity contribution in [2.75, 3.05) is 13.2 Å². The number of benzene rings is 1. The van der Waals surface area contributed by atoms with Crippen LogP contribution in [0.5, 0.6) is 5.75 Å². The molecule has 29 heavy (non-hydrogen) atoms. The van der Waals surface area contributed by atoms with Crippen LogP contribution in [0.15, 0.2) is 48.8 Å². The van der Waals surface area contributed by atoms with Gasteiger partial charge in [0.25, 0.3) is 5.91 Å². The molecule has 0 aliphatic heterocycles. The van der Waals surface area contributed by atoms with E-state index in [4.69, 9.17) is 4.74 Å². The molecule has 0 aliphatic rings. The third-order valence-electron chi connectivity index (χ3n) is 4.02. The average molecular weight is 408 g/mol. The normalized spacial score (nSPS) is 11.3. The van der Waals surface area contributed by atoms with Gasteiger partial charge in [-0.05, 0) is 43.3 Å². The first kappa shape index (κ1) is 20.3. The first-order valence-electron chi connectivity index (χ1n) is 8.50. The van der Waals surface area contributed by atoms with Gasteiger partial charge in [0.1, 0.15) is 18.2 Å². The van der Waals surface area contributed by atoms with E-state index < -0.39 is 17.6 Å². The van der Waals surface area contributed by atoms with Crippen molar-refractivity contribution < 1.29 is 27.1 Å². The fraction of sp³-hybridized carbons (Fsp3) is 0.211. The molecule has 3 rings (SSSR count). The highest BCUT2D eigenvalue weighted by Gasteiger charge is 2.30. The van der Waals surface area contributed by atoms with Crippen molar-refractivity contribution in [3.63, 3.8) is 0 Å². The molecular formula is C19H16F4N4O2. The van der Waals surface area contributed by atoms with Gasteiger partial charge in [-0.2, -0.15) is 18.3 Å². The van der Waals surface area contributed by atoms with Gasteiger partial charge in [-0.15, -0.1) is 0 Å². The van der Waals surface area contributed by atoms with Crippen molar-refractivity contribution in [1.82, 2.24) is 20.1 Å². The zero-order valence-corrected chi connectivity index (χ0v) is 15.2. The average Bonchev–Trinajstić information content (AvgIpc) is 3.07. The largest absolute Gasteiger partial charge is 0.492 e. The number of carbonyl (C=O) groups is 1. The Kier molecular flexibility index (Phi) is 5.81. The first-order valence-corrected chi connectivity index (χ1v) is 8.50. The quantitative estimate of drug-likeness (QED) is 0.500. The lowest BCUT2D eigenvalue weighted by Crippen LogP contribution is -2.28. The molecule has 10 heteroatoms. The summed E-state index contributed by atoms with van der Waals surface area (Å²) in [5.74, 6) is -0.156. The van der Waals surface area contributed by atoms with Crippen LogP contribution in [0.4, 0.5) is 17.6 Å². The molecule has 1 aromatic carbocycles. The maximum atomic E-state index is 12.8. The van der Waals surface area contributed by atoms with Crippen LogP contribution in [-0.4, -0.2) is 33.8 Å². The molecule has 6 nitrogen and oxygen atoms in total. The minimum atomic E-state index is -4.48. The van der Waals surface area contributed by atoms with Crippen LogP contribution in [0, 0.1) is 12.7 Å². The van der Waals surface area contributed by atoms with Gasteiger partial charge in [-0.1, -0.05) is 0 Å². The van der Waals surface area contributed by atoms with Gasteiger partial charge < -0.3 is 10.1 Å². The Morgan fingerprint density at radius 1 is 1.14 bits per heavy atom. The van der Waals surface area contributed by atoms with Gasteiger partial charge in [-0.25, -0.2) is 14.1 Å². The predicted octanol–water partition coefficient (Wildman–Crippen LogP) is 3.54. The Labute approximate surface area is 163 Å². The maximum Gasteiger partial charge on any atom is 0.417 e. The van der Waals surface area contributed by atoms with Crippen molar-refractivity contribution in [3.05, 3.63) is 71.4 Å². The van der Waals surface area contributed by atoms with E-state index in [1.807, 2.05) is 0 Å². The number of nitrogens with one attached hydrogen (secondary N) is 1. The zero-order chi connectivity index (χ0) is 21.0. The molecule has 0 fully saturated rings. The Bertz CT molecular complexity index is 983. The molecule has 0 radical (unpaired) electrons. The van der Waals surface area contributed by atoms with Gasteiger partial charge >= 0.3 is 6.18 Å². The molecule has 0 spiro atoms. The van der Waals surface area contributed by atoms with Crippen LogP contribution in [0.1, 0.15) is 21.6 Å². The molecule has 3 aromatic rings. The molecule has 0 unspecified atom stereocenters. The summed E-state index contributed by atoms with van der Waals surface area (Å²) >= 11 is 0. The van der Waals surface area contributed by atoms with Crippen molar-refractivity contribution in [1.29, 1.82) is 0 Å². The number of hydrogen-bond acceptors (Lipinski definition) is 4. The molecule has 0 bridgehead atoms. The lowest BCUT2D eigenvalue weighted by atomic mass is 10.2. The smallest absolute Gasteiger partial charge is 0.417 e. The van der Waals surface area contributed by atoms with Crippen LogP contribution in [0.3, 0.4) is 0 Å². The van der Waals surface area contributed by atoms with E-state index in [1.54, 1.807) is 6.92 Å². The van der Waals surface area contributed by atoms with Crippen LogP contribution < -0.4 is 10.1 Å². The predicted molar refractivity (Wildman–Crippen MR) is 95.3 cm³/mol. The fourth-order valence-corrected chi connectivity index (χ4v) is 2.50. The highest BCUT2D eigenvalue weighted by molar-refractivity contribution is 5.95. The summed E-state index contributed by atoms with van der Waals surface area (Å²) in [5.41, 5.74) is -0.187. The van der Waals surface area contributed by atoms with Gasteiger partial charge in [0, 0.05) is 6.20 Å². The molecular weight excluding hydrogens is 392 g/mol. The number of hydrogen-bond donors (Lipinski definition) is 1. The molecule has 0 atom stereocenters. The Balaban J connectivity index is 1.59. The van der Waals surface area contributed by atoms with E-state index in [9.17, 15) is 22.4 Å². The van der Waals surface area contributed by atoms with Gasteiger partial charge in [0.05, 0.1) is 29.6 Å². The molecule has 1 amide bonds. The third kappa shape index (κ3) is 4.89. The lowest BCUT2D eigenvalue weighted by Gasteiger charge is -2.09. The number of nitrogens with zero attached hydrogens (tertiary/aromatic N) is 3. The van der Waals surface area contributed by atoms with E-state index in [0.717, 1.165) is 6.07 Å². The van der Waals surface area contributed by atoms with Crippen LogP contribution in [-0.2, 0) is 6.18 Å². The van der Waals surface area contributed by atoms with Gasteiger partial charge in [-0.3, -0.25) is 4.79 Å². The maximum absolute atomic E-state index is 12.8. The second kappa shape index (κ2) is 8.29. The van der Waals surface area contributed by atoms with Crippen LogP contribution in [0.25, 0.3) is 5.82 Å². The summed E-state index contributed by atoms with van der Waals surface area (Å²) in [4.78, 5) is 16.1. The number of rotatable bonds is 6. The lowest BCUT2D eigenvalue weighted by molar-refractivity contribution is -0.137. The van der Waals surface area contributed by atoms with E-state index in [2.05, 4.69) is 15.4 Å². The number of pyridine rings is 1. The SMILES string of the molecule is Cc1c(C(=O)NCCOc2ccc(F)cc2)cnn1-c1ccc(C(F)(F)F)cn1. The van der Waals surface area contributed by atoms with E-state index in [1.165, 1.54) is 41.2 Å². The van der Waals surface area contributed by atoms with Crippen molar-refractivity contribution in [3.8, 4) is 11.6 Å². The van der Waals surface area contributed by atoms with Crippen LogP contribution >= 0.6 is 0 Å². The summed E-state index contributed by atoms with van der Waals surface area (Å²) in [5, 5.41) is 6.68. The summed E-state index contributed by atoms with van der Waals surface area (Å²) in [6, 6.07) is 7.56. The molecule has 0 saturated carbocycles. The summed E-state index contributed by atoms with van der Waals surface area (Å²) in [6.45, 7) is 1.97. The number of carbonyl (C=O) groups excluding carboxylic acids is 1. The topological polar surface area (TPSA) is 69.0 Å². The second-order valence-electron chi connectivity index (χ2n) is 6.02. The summed E-state index contributed by atoms with van der Waals surface area (Å²) in [7, 11) is 0. The molecule has 2 heterocycles. The zero-order valence-electron chi connectivity index (χ0n) is 15.2. The Morgan fingerprint density at radius 2 is 1.86 bits per heavy atom. The first-order chi connectivity index (χ1) is 13.8. The molecule has 0 saturated heterocycles. The Morgan fingerprint density at radius 3 is 2.48 bits per heavy atom. The molecule has 2 aromatic heterocycles. The number of alkyl halides is 3. The highest BCUT2D eigenvalue weighted by Crippen LogP contribution is 2.28. The third-order valence-corrected chi connectivity index (χ3v) is 4.02. The van der Waals surface area contributed by atoms with E-state index in [-0.39, 0.29) is 30.4 Å². The summed E-state index contributed by atoms with van der Waals surface area (Å²) < 4.78 is 57.4. The van der Waals surface area contributed by atoms with E-state index >= 15 is 0 Å². The summed E-state index contributed by atoms with van der Waals surface area (Å²) in [6.07, 6.45) is -2.46. The van der Waals surface area contributed by atoms with Crippen molar-refractivity contribution in [2.24, 2.45) is 0 Å². The van der Waals surface area contributed by atoms with Gasteiger partial charge in [0.15, 0.2) is 5.82 Å². The number of halogens is 4. The minimum Gasteiger partial charge on any atom is -0.492 e. The van der Waals surface area contributed by atoms with Gasteiger partial charge in [0.2, 0.25) is 0 Å². The fourth-order valence-electron chi connectivity index (χ4n) is 2.50. The number of aromatic nitrogens is 3. The van der Waals surface area contributed by atoms with Crippen LogP contribution in [0.2, 0.25) is 0 Å². The molecule has 1 N–H and O–H groups in total. The highest BCUT2D eigenvalue weighted by atomic mass is 19.4. The van der Waals surface area contributed by atoms with Crippen molar-refractivity contribution in [2.45, 2.75) is 13.1 Å². The molecule has 152 valence electrons. The standard InChI is InChI=1S/C19H16F4N4O2/c1-12-16(18(28)24-8-9-29-15-5-3-14(20)4-6-15)11-26-27(12)17-7-2-13(10-25-17)19(21,22)23/h2-7,10-11H,8-9H2,1H3,(H,24,28). The van der Waals surface area contributed by atoms with Crippen molar-refractivity contribution >= 4 is 5.91 Å². The monoisotopic (exact) mass is 408 g/mol. The number of amides is 1. The minimum absolute atomic E-state index is 0.161. The molecule has 0 aliphatic carbocycles.